The van der Waals surface area contributed by atoms with Crippen molar-refractivity contribution in [3.8, 4) is 0 Å². The summed E-state index contributed by atoms with van der Waals surface area (Å²) in [7, 11) is 0. The molecule has 0 spiro atoms. The van der Waals surface area contributed by atoms with E-state index in [4.69, 9.17) is 17.0 Å². The fraction of sp³-hybridized carbons (Fsp3) is 0.615. The molecule has 6 nitrogen and oxygen atoms in total. The van der Waals surface area contributed by atoms with Crippen LogP contribution < -0.4 is 11.2 Å². The standard InChI is InChI=1S/C13H19ClN4O2/c1-13(2,3)18-8(7-17-6-4-5-9(17)15)10(14)11(19)16-12(18)20/h15H,4-7H2,1-3H3,(H,16,19,20). The van der Waals surface area contributed by atoms with Crippen LogP contribution in [0.3, 0.4) is 0 Å². The molecule has 1 aromatic rings. The van der Waals surface area contributed by atoms with Crippen LogP contribution in [0.15, 0.2) is 9.59 Å². The molecular weight excluding hydrogens is 280 g/mol. The number of nitrogens with one attached hydrogen (secondary N) is 2. The van der Waals surface area contributed by atoms with Crippen LogP contribution in [-0.2, 0) is 12.1 Å². The zero-order chi connectivity index (χ0) is 15.1. The van der Waals surface area contributed by atoms with Crippen LogP contribution >= 0.6 is 11.6 Å². The molecule has 0 bridgehead atoms. The molecule has 0 amide bonds. The Bertz CT molecular complexity index is 654. The summed E-state index contributed by atoms with van der Waals surface area (Å²) in [5.41, 5.74) is -1.06. The Morgan fingerprint density at radius 3 is 2.50 bits per heavy atom. The molecule has 0 aliphatic carbocycles. The van der Waals surface area contributed by atoms with Gasteiger partial charge in [-0.1, -0.05) is 11.6 Å². The van der Waals surface area contributed by atoms with Crippen molar-refractivity contribution in [3.05, 3.63) is 31.6 Å². The maximum absolute atomic E-state index is 12.1. The average molecular weight is 299 g/mol. The topological polar surface area (TPSA) is 81.9 Å². The van der Waals surface area contributed by atoms with Crippen molar-refractivity contribution in [2.75, 3.05) is 6.54 Å². The van der Waals surface area contributed by atoms with Crippen LogP contribution in [0.4, 0.5) is 0 Å². The normalized spacial score (nSPS) is 16.0. The van der Waals surface area contributed by atoms with Gasteiger partial charge < -0.3 is 4.90 Å². The van der Waals surface area contributed by atoms with E-state index in [1.165, 1.54) is 4.57 Å². The number of H-pyrrole nitrogens is 1. The highest BCUT2D eigenvalue weighted by Gasteiger charge is 2.26. The van der Waals surface area contributed by atoms with Crippen LogP contribution in [0.5, 0.6) is 0 Å². The number of rotatable bonds is 2. The van der Waals surface area contributed by atoms with Crippen LogP contribution in [0.2, 0.25) is 5.02 Å². The second kappa shape index (κ2) is 5.09. The van der Waals surface area contributed by atoms with Gasteiger partial charge in [0, 0.05) is 18.5 Å². The van der Waals surface area contributed by atoms with Crippen molar-refractivity contribution < 1.29 is 0 Å². The van der Waals surface area contributed by atoms with Gasteiger partial charge in [0.25, 0.3) is 5.56 Å². The molecule has 1 fully saturated rings. The summed E-state index contributed by atoms with van der Waals surface area (Å²) in [6, 6.07) is 0. The number of nitrogens with zero attached hydrogens (tertiary/aromatic N) is 2. The number of hydrogen-bond donors (Lipinski definition) is 2. The van der Waals surface area contributed by atoms with E-state index in [2.05, 4.69) is 4.98 Å². The molecule has 7 heteroatoms. The number of hydrogen-bond acceptors (Lipinski definition) is 3. The van der Waals surface area contributed by atoms with E-state index in [9.17, 15) is 9.59 Å². The molecule has 0 radical (unpaired) electrons. The summed E-state index contributed by atoms with van der Waals surface area (Å²) in [6.45, 7) is 6.69. The lowest BCUT2D eigenvalue weighted by molar-refractivity contribution is 0.337. The molecule has 1 aromatic heterocycles. The molecule has 0 atom stereocenters. The monoisotopic (exact) mass is 298 g/mol. The molecule has 1 aliphatic heterocycles. The van der Waals surface area contributed by atoms with Crippen molar-refractivity contribution in [1.29, 1.82) is 5.41 Å². The minimum Gasteiger partial charge on any atom is -0.355 e. The first-order valence-electron chi connectivity index (χ1n) is 6.58. The predicted octanol–water partition coefficient (Wildman–Crippen LogP) is 1.52. The quantitative estimate of drug-likeness (QED) is 0.868. The molecule has 2 rings (SSSR count). The summed E-state index contributed by atoms with van der Waals surface area (Å²) in [4.78, 5) is 27.9. The molecule has 2 N–H and O–H groups in total. The molecule has 110 valence electrons. The first-order valence-corrected chi connectivity index (χ1v) is 6.96. The molecule has 2 heterocycles. The van der Waals surface area contributed by atoms with Crippen molar-refractivity contribution in [2.45, 2.75) is 45.7 Å². The Kier molecular flexibility index (Phi) is 3.77. The second-order valence-corrected chi connectivity index (χ2v) is 6.38. The van der Waals surface area contributed by atoms with Crippen molar-refractivity contribution >= 4 is 17.4 Å². The van der Waals surface area contributed by atoms with Gasteiger partial charge in [0.2, 0.25) is 0 Å². The summed E-state index contributed by atoms with van der Waals surface area (Å²) in [5.74, 6) is 0.522. The summed E-state index contributed by atoms with van der Waals surface area (Å²) >= 11 is 6.10. The van der Waals surface area contributed by atoms with E-state index in [0.29, 0.717) is 18.1 Å². The van der Waals surface area contributed by atoms with E-state index in [-0.39, 0.29) is 5.02 Å². The van der Waals surface area contributed by atoms with Crippen LogP contribution in [0.25, 0.3) is 0 Å². The van der Waals surface area contributed by atoms with Gasteiger partial charge in [-0.05, 0) is 27.2 Å². The van der Waals surface area contributed by atoms with E-state index in [0.717, 1.165) is 19.4 Å². The molecule has 0 unspecified atom stereocenters. The van der Waals surface area contributed by atoms with Gasteiger partial charge in [0.15, 0.2) is 0 Å². The van der Waals surface area contributed by atoms with Gasteiger partial charge in [-0.2, -0.15) is 0 Å². The maximum Gasteiger partial charge on any atom is 0.329 e. The van der Waals surface area contributed by atoms with Crippen molar-refractivity contribution in [1.82, 2.24) is 14.5 Å². The van der Waals surface area contributed by atoms with Gasteiger partial charge in [0.05, 0.1) is 18.1 Å². The Morgan fingerprint density at radius 2 is 2.00 bits per heavy atom. The lowest BCUT2D eigenvalue weighted by Gasteiger charge is -2.28. The highest BCUT2D eigenvalue weighted by molar-refractivity contribution is 6.31. The Morgan fingerprint density at radius 1 is 1.35 bits per heavy atom. The summed E-state index contributed by atoms with van der Waals surface area (Å²) < 4.78 is 1.50. The molecule has 0 saturated carbocycles. The van der Waals surface area contributed by atoms with Crippen LogP contribution in [-0.4, -0.2) is 26.8 Å². The van der Waals surface area contributed by atoms with E-state index in [1.807, 2.05) is 25.7 Å². The number of aromatic amines is 1. The molecule has 20 heavy (non-hydrogen) atoms. The Labute approximate surface area is 121 Å². The zero-order valence-corrected chi connectivity index (χ0v) is 12.7. The average Bonchev–Trinajstić information content (AvgIpc) is 2.69. The van der Waals surface area contributed by atoms with Crippen molar-refractivity contribution in [3.63, 3.8) is 0 Å². The summed E-state index contributed by atoms with van der Waals surface area (Å²) in [5, 5.41) is 7.90. The number of amidine groups is 1. The molecule has 1 aliphatic rings. The highest BCUT2D eigenvalue weighted by atomic mass is 35.5. The van der Waals surface area contributed by atoms with Crippen LogP contribution in [0, 0.1) is 5.41 Å². The van der Waals surface area contributed by atoms with Crippen molar-refractivity contribution in [2.24, 2.45) is 0 Å². The second-order valence-electron chi connectivity index (χ2n) is 6.00. The Hall–Kier alpha value is -1.56. The smallest absolute Gasteiger partial charge is 0.329 e. The van der Waals surface area contributed by atoms with Gasteiger partial charge in [-0.15, -0.1) is 0 Å². The van der Waals surface area contributed by atoms with E-state index >= 15 is 0 Å². The predicted molar refractivity (Wildman–Crippen MR) is 78.7 cm³/mol. The number of aromatic nitrogens is 2. The first kappa shape index (κ1) is 14.8. The fourth-order valence-corrected chi connectivity index (χ4v) is 2.69. The molecule has 0 aromatic carbocycles. The van der Waals surface area contributed by atoms with Gasteiger partial charge in [-0.3, -0.25) is 19.8 Å². The number of likely N-dealkylation sites (tertiary alicyclic amines) is 1. The number of halogens is 1. The zero-order valence-electron chi connectivity index (χ0n) is 11.9. The maximum atomic E-state index is 12.1. The third-order valence-electron chi connectivity index (χ3n) is 3.38. The Balaban J connectivity index is 2.58. The third kappa shape index (κ3) is 2.65. The van der Waals surface area contributed by atoms with Gasteiger partial charge >= 0.3 is 5.69 Å². The van der Waals surface area contributed by atoms with E-state index < -0.39 is 16.8 Å². The van der Waals surface area contributed by atoms with E-state index in [1.54, 1.807) is 0 Å². The lowest BCUT2D eigenvalue weighted by atomic mass is 10.1. The lowest BCUT2D eigenvalue weighted by Crippen LogP contribution is -2.43. The minimum absolute atomic E-state index is 0.0271. The third-order valence-corrected chi connectivity index (χ3v) is 3.77. The largest absolute Gasteiger partial charge is 0.355 e. The first-order chi connectivity index (χ1) is 9.21. The summed E-state index contributed by atoms with van der Waals surface area (Å²) in [6.07, 6.45) is 1.64. The SMILES string of the molecule is CC(C)(C)n1c(CN2CCCC2=N)c(Cl)c(=O)[nH]c1=O. The molecule has 1 saturated heterocycles. The van der Waals surface area contributed by atoms with Gasteiger partial charge in [-0.25, -0.2) is 4.79 Å². The van der Waals surface area contributed by atoms with Gasteiger partial charge in [0.1, 0.15) is 5.02 Å². The fourth-order valence-electron chi connectivity index (χ4n) is 2.50. The molecular formula is C13H19ClN4O2. The minimum atomic E-state index is -0.571. The highest BCUT2D eigenvalue weighted by Crippen LogP contribution is 2.21. The van der Waals surface area contributed by atoms with Crippen LogP contribution in [0.1, 0.15) is 39.3 Å².